The Morgan fingerprint density at radius 1 is 1.50 bits per heavy atom. The molecular weight excluding hydrogens is 293 g/mol. The highest BCUT2D eigenvalue weighted by Crippen LogP contribution is 2.16. The molecule has 86 valence electrons. The maximum absolute atomic E-state index is 11.3. The van der Waals surface area contributed by atoms with Gasteiger partial charge >= 0.3 is 6.09 Å². The molecule has 0 aromatic heterocycles. The van der Waals surface area contributed by atoms with Gasteiger partial charge in [0.2, 0.25) is 0 Å². The minimum absolute atomic E-state index is 0.105. The second-order valence-electron chi connectivity index (χ2n) is 3.34. The summed E-state index contributed by atoms with van der Waals surface area (Å²) < 4.78 is 16.4. The minimum atomic E-state index is -0.522. The van der Waals surface area contributed by atoms with E-state index in [4.69, 9.17) is 4.74 Å². The van der Waals surface area contributed by atoms with Crippen molar-refractivity contribution in [2.24, 2.45) is 0 Å². The maximum Gasteiger partial charge on any atom is 0.411 e. The molecule has 0 unspecified atom stereocenters. The Labute approximate surface area is 104 Å². The summed E-state index contributed by atoms with van der Waals surface area (Å²) in [4.78, 5) is 11.3. The molecule has 1 N–H and O–H groups in total. The Morgan fingerprint density at radius 3 is 2.75 bits per heavy atom. The number of hydrogen-bond acceptors (Lipinski definition) is 3. The van der Waals surface area contributed by atoms with Crippen molar-refractivity contribution in [3.63, 3.8) is 0 Å². The van der Waals surface area contributed by atoms with Crippen molar-refractivity contribution < 1.29 is 14.1 Å². The molecule has 1 rings (SSSR count). The number of anilines is 1. The van der Waals surface area contributed by atoms with Crippen LogP contribution in [0.4, 0.5) is 10.5 Å². The highest BCUT2D eigenvalue weighted by molar-refractivity contribution is 9.10. The number of carbonyl (C=O) groups is 1. The third kappa shape index (κ3) is 3.91. The van der Waals surface area contributed by atoms with Crippen molar-refractivity contribution in [1.82, 2.24) is 0 Å². The summed E-state index contributed by atoms with van der Waals surface area (Å²) >= 11 is 3.25. The average Bonchev–Trinajstić information content (AvgIpc) is 2.19. The van der Waals surface area contributed by atoms with Crippen LogP contribution in [0.1, 0.15) is 13.8 Å². The predicted molar refractivity (Wildman–Crippen MR) is 66.6 cm³/mol. The van der Waals surface area contributed by atoms with E-state index < -0.39 is 6.09 Å². The lowest BCUT2D eigenvalue weighted by Gasteiger charge is -2.09. The summed E-state index contributed by atoms with van der Waals surface area (Å²) in [6, 6.07) is 5.02. The largest absolute Gasteiger partial charge is 0.447 e. The van der Waals surface area contributed by atoms with Crippen LogP contribution in [-0.2, 0) is 9.30 Å². The zero-order valence-corrected chi connectivity index (χ0v) is 11.3. The minimum Gasteiger partial charge on any atom is -0.447 e. The van der Waals surface area contributed by atoms with Gasteiger partial charge in [0.05, 0.1) is 11.4 Å². The average molecular weight is 304 g/mol. The van der Waals surface area contributed by atoms with Gasteiger partial charge in [-0.15, -0.1) is 0 Å². The topological polar surface area (TPSA) is 55.4 Å². The molecular formula is C10H11BrNO3P. The SMILES string of the molecule is CC(C)OC(=O)Nc1ccc(Br)c(P=O)c1. The Balaban J connectivity index is 2.74. The van der Waals surface area contributed by atoms with E-state index in [1.807, 2.05) is 0 Å². The zero-order valence-electron chi connectivity index (χ0n) is 8.86. The molecule has 0 aliphatic heterocycles. The molecule has 1 aromatic rings. The second-order valence-corrected chi connectivity index (χ2v) is 4.86. The van der Waals surface area contributed by atoms with Gasteiger partial charge in [0.1, 0.15) is 0 Å². The van der Waals surface area contributed by atoms with E-state index in [0.29, 0.717) is 11.0 Å². The fourth-order valence-electron chi connectivity index (χ4n) is 1.02. The van der Waals surface area contributed by atoms with Gasteiger partial charge in [-0.3, -0.25) is 9.88 Å². The number of nitrogens with one attached hydrogen (secondary N) is 1. The lowest BCUT2D eigenvalue weighted by Crippen LogP contribution is -2.18. The second kappa shape index (κ2) is 5.97. The summed E-state index contributed by atoms with van der Waals surface area (Å²) in [5, 5.41) is 3.12. The monoisotopic (exact) mass is 303 g/mol. The van der Waals surface area contributed by atoms with Crippen molar-refractivity contribution in [2.45, 2.75) is 20.0 Å². The van der Waals surface area contributed by atoms with E-state index in [1.54, 1.807) is 32.0 Å². The van der Waals surface area contributed by atoms with Crippen molar-refractivity contribution in [2.75, 3.05) is 5.32 Å². The molecule has 16 heavy (non-hydrogen) atoms. The predicted octanol–water partition coefficient (Wildman–Crippen LogP) is 3.32. The van der Waals surface area contributed by atoms with Crippen LogP contribution in [0.5, 0.6) is 0 Å². The van der Waals surface area contributed by atoms with E-state index in [9.17, 15) is 9.36 Å². The van der Waals surface area contributed by atoms with Gasteiger partial charge in [0.25, 0.3) is 0 Å². The Bertz CT molecular complexity index is 409. The van der Waals surface area contributed by atoms with Gasteiger partial charge in [-0.2, -0.15) is 0 Å². The smallest absolute Gasteiger partial charge is 0.411 e. The number of carbonyl (C=O) groups excluding carboxylic acids is 1. The number of benzene rings is 1. The van der Waals surface area contributed by atoms with Crippen LogP contribution in [0.25, 0.3) is 0 Å². The number of hydrogen-bond donors (Lipinski definition) is 1. The molecule has 0 atom stereocenters. The molecule has 1 aromatic carbocycles. The van der Waals surface area contributed by atoms with E-state index >= 15 is 0 Å². The molecule has 0 saturated heterocycles. The zero-order chi connectivity index (χ0) is 12.1. The van der Waals surface area contributed by atoms with E-state index in [2.05, 4.69) is 21.2 Å². The number of rotatable bonds is 3. The highest BCUT2D eigenvalue weighted by atomic mass is 79.9. The molecule has 0 saturated carbocycles. The van der Waals surface area contributed by atoms with Crippen LogP contribution >= 0.6 is 24.4 Å². The van der Waals surface area contributed by atoms with Crippen LogP contribution in [0.2, 0.25) is 0 Å². The molecule has 0 aliphatic carbocycles. The molecule has 6 heteroatoms. The quantitative estimate of drug-likeness (QED) is 0.872. The van der Waals surface area contributed by atoms with Crippen molar-refractivity contribution in [1.29, 1.82) is 0 Å². The van der Waals surface area contributed by atoms with Crippen LogP contribution in [0.3, 0.4) is 0 Å². The van der Waals surface area contributed by atoms with Crippen LogP contribution in [-0.4, -0.2) is 12.2 Å². The van der Waals surface area contributed by atoms with Crippen molar-refractivity contribution in [3.05, 3.63) is 22.7 Å². The summed E-state index contributed by atoms with van der Waals surface area (Å²) in [5.74, 6) is 0. The molecule has 0 radical (unpaired) electrons. The normalized spacial score (nSPS) is 10.5. The standard InChI is InChI=1S/C10H11BrNO3P/c1-6(2)15-10(13)12-7-3-4-8(11)9(5-7)16-14/h3-6H,1-2H3,(H,12,13). The maximum atomic E-state index is 11.3. The lowest BCUT2D eigenvalue weighted by atomic mass is 10.3. The fraction of sp³-hybridized carbons (Fsp3) is 0.300. The van der Waals surface area contributed by atoms with Gasteiger partial charge in [0, 0.05) is 10.2 Å². The first-order valence-electron chi connectivity index (χ1n) is 4.63. The van der Waals surface area contributed by atoms with E-state index in [-0.39, 0.29) is 14.6 Å². The lowest BCUT2D eigenvalue weighted by molar-refractivity contribution is 0.130. The first-order valence-corrected chi connectivity index (χ1v) is 6.24. The Kier molecular flexibility index (Phi) is 4.90. The third-order valence-corrected chi connectivity index (χ3v) is 3.20. The highest BCUT2D eigenvalue weighted by Gasteiger charge is 2.07. The van der Waals surface area contributed by atoms with Crippen LogP contribution in [0, 0.1) is 0 Å². The Morgan fingerprint density at radius 2 is 2.19 bits per heavy atom. The molecule has 4 nitrogen and oxygen atoms in total. The summed E-state index contributed by atoms with van der Waals surface area (Å²) in [6.07, 6.45) is -0.696. The summed E-state index contributed by atoms with van der Waals surface area (Å²) in [7, 11) is -0.105. The molecule has 0 bridgehead atoms. The first kappa shape index (κ1) is 13.1. The van der Waals surface area contributed by atoms with Gasteiger partial charge < -0.3 is 4.74 Å². The molecule has 1 amide bonds. The van der Waals surface area contributed by atoms with E-state index in [0.717, 1.165) is 4.47 Å². The molecule has 0 aliphatic rings. The van der Waals surface area contributed by atoms with Gasteiger partial charge in [-0.05, 0) is 48.0 Å². The number of halogens is 1. The number of amides is 1. The van der Waals surface area contributed by atoms with E-state index in [1.165, 1.54) is 0 Å². The van der Waals surface area contributed by atoms with Crippen molar-refractivity contribution in [3.8, 4) is 0 Å². The van der Waals surface area contributed by atoms with Gasteiger partial charge in [-0.25, -0.2) is 4.79 Å². The van der Waals surface area contributed by atoms with Crippen molar-refractivity contribution >= 4 is 41.5 Å². The van der Waals surface area contributed by atoms with Crippen LogP contribution in [0.15, 0.2) is 22.7 Å². The molecule has 0 spiro atoms. The van der Waals surface area contributed by atoms with Gasteiger partial charge in [-0.1, -0.05) is 0 Å². The molecule has 0 heterocycles. The summed E-state index contributed by atoms with van der Waals surface area (Å²) in [5.41, 5.74) is 0.548. The van der Waals surface area contributed by atoms with Crippen LogP contribution < -0.4 is 10.6 Å². The number of ether oxygens (including phenoxy) is 1. The fourth-order valence-corrected chi connectivity index (χ4v) is 1.84. The third-order valence-electron chi connectivity index (χ3n) is 1.63. The Hall–Kier alpha value is -0.930. The summed E-state index contributed by atoms with van der Waals surface area (Å²) in [6.45, 7) is 3.53. The molecule has 0 fully saturated rings. The van der Waals surface area contributed by atoms with Gasteiger partial charge in [0.15, 0.2) is 8.46 Å². The first-order chi connectivity index (χ1) is 7.52.